The molecule has 1 saturated carbocycles. The number of aromatic nitrogens is 6. The van der Waals surface area contributed by atoms with E-state index < -0.39 is 6.10 Å². The minimum absolute atomic E-state index is 0.237. The van der Waals surface area contributed by atoms with Crippen molar-refractivity contribution in [1.82, 2.24) is 34.3 Å². The maximum Gasteiger partial charge on any atom is 0.226 e. The van der Waals surface area contributed by atoms with E-state index in [9.17, 15) is 9.50 Å². The highest BCUT2D eigenvalue weighted by Gasteiger charge is 2.31. The van der Waals surface area contributed by atoms with E-state index in [2.05, 4.69) is 41.8 Å². The maximum atomic E-state index is 14.6. The summed E-state index contributed by atoms with van der Waals surface area (Å²) in [6.45, 7) is 6.18. The van der Waals surface area contributed by atoms with Gasteiger partial charge in [-0.15, -0.1) is 5.10 Å². The monoisotopic (exact) mass is 489 g/mol. The number of nitrogens with two attached hydrogens (primary N) is 1. The van der Waals surface area contributed by atoms with Gasteiger partial charge in [0.05, 0.1) is 29.9 Å². The fraction of sp³-hybridized carbons (Fsp3) is 0.440. The number of anilines is 2. The number of nitrogens with zero attached hydrogens (tertiary/aromatic N) is 8. The molecule has 36 heavy (non-hydrogen) atoms. The highest BCUT2D eigenvalue weighted by atomic mass is 19.1. The molecule has 3 aromatic heterocycles. The van der Waals surface area contributed by atoms with Crippen LogP contribution in [0.25, 0.3) is 16.7 Å². The van der Waals surface area contributed by atoms with Crippen molar-refractivity contribution in [2.45, 2.75) is 32.4 Å². The second-order valence-corrected chi connectivity index (χ2v) is 9.44. The molecule has 3 N–H and O–H groups in total. The van der Waals surface area contributed by atoms with Crippen molar-refractivity contribution >= 4 is 28.3 Å². The zero-order valence-corrected chi connectivity index (χ0v) is 20.1. The summed E-state index contributed by atoms with van der Waals surface area (Å²) in [5.74, 6) is 6.35. The van der Waals surface area contributed by atoms with Crippen molar-refractivity contribution in [2.24, 2.45) is 5.92 Å². The lowest BCUT2D eigenvalue weighted by Crippen LogP contribution is -2.47. The SMILES string of the molecule is CC#Cc1nc2c3cnn(CCN4CCN(c5cc([C@@H](O)C6CC6)ccc5F)CC4)c3nc(N)n2n1. The van der Waals surface area contributed by atoms with Crippen LogP contribution in [0, 0.1) is 23.6 Å². The van der Waals surface area contributed by atoms with Gasteiger partial charge in [-0.25, -0.2) is 9.07 Å². The summed E-state index contributed by atoms with van der Waals surface area (Å²) in [7, 11) is 0. The van der Waals surface area contributed by atoms with E-state index in [1.807, 2.05) is 10.7 Å². The second-order valence-electron chi connectivity index (χ2n) is 9.44. The van der Waals surface area contributed by atoms with Crippen LogP contribution in [0.1, 0.15) is 37.3 Å². The Bertz CT molecular complexity index is 1490. The predicted molar refractivity (Wildman–Crippen MR) is 134 cm³/mol. The average molecular weight is 490 g/mol. The van der Waals surface area contributed by atoms with E-state index in [1.54, 1.807) is 19.2 Å². The Labute approximate surface area is 207 Å². The van der Waals surface area contributed by atoms with Crippen LogP contribution in [0.15, 0.2) is 24.4 Å². The average Bonchev–Trinajstić information content (AvgIpc) is 3.53. The van der Waals surface area contributed by atoms with E-state index in [0.717, 1.165) is 43.4 Å². The number of aliphatic hydroxyl groups is 1. The van der Waals surface area contributed by atoms with Gasteiger partial charge in [-0.1, -0.05) is 12.0 Å². The van der Waals surface area contributed by atoms with E-state index >= 15 is 0 Å². The Morgan fingerprint density at radius 2 is 1.94 bits per heavy atom. The van der Waals surface area contributed by atoms with E-state index in [0.29, 0.717) is 48.4 Å². The van der Waals surface area contributed by atoms with Crippen molar-refractivity contribution < 1.29 is 9.50 Å². The lowest BCUT2D eigenvalue weighted by molar-refractivity contribution is 0.153. The van der Waals surface area contributed by atoms with E-state index in [1.165, 1.54) is 10.6 Å². The summed E-state index contributed by atoms with van der Waals surface area (Å²) < 4.78 is 17.9. The maximum absolute atomic E-state index is 14.6. The molecule has 10 nitrogen and oxygen atoms in total. The first-order valence-corrected chi connectivity index (χ1v) is 12.3. The van der Waals surface area contributed by atoms with Crippen LogP contribution < -0.4 is 10.6 Å². The molecule has 0 radical (unpaired) electrons. The molecule has 4 aromatic rings. The molecule has 11 heteroatoms. The van der Waals surface area contributed by atoms with Gasteiger partial charge in [0.2, 0.25) is 11.8 Å². The summed E-state index contributed by atoms with van der Waals surface area (Å²) in [5, 5.41) is 20.1. The molecule has 1 aliphatic heterocycles. The first-order valence-electron chi connectivity index (χ1n) is 12.3. The first-order chi connectivity index (χ1) is 17.5. The number of aliphatic hydroxyl groups excluding tert-OH is 1. The molecular weight excluding hydrogens is 461 g/mol. The molecule has 186 valence electrons. The van der Waals surface area contributed by atoms with Gasteiger partial charge in [0.1, 0.15) is 5.82 Å². The van der Waals surface area contributed by atoms with Crippen molar-refractivity contribution in [1.29, 1.82) is 0 Å². The molecule has 2 fully saturated rings. The number of piperazine rings is 1. The number of benzene rings is 1. The van der Waals surface area contributed by atoms with Crippen molar-refractivity contribution in [3.63, 3.8) is 0 Å². The third-order valence-corrected chi connectivity index (χ3v) is 7.06. The Morgan fingerprint density at radius 3 is 2.69 bits per heavy atom. The second kappa shape index (κ2) is 9.04. The van der Waals surface area contributed by atoms with E-state index in [4.69, 9.17) is 5.73 Å². The Kier molecular flexibility index (Phi) is 5.70. The van der Waals surface area contributed by atoms with Gasteiger partial charge in [0.25, 0.3) is 0 Å². The molecule has 1 atom stereocenters. The smallest absolute Gasteiger partial charge is 0.226 e. The van der Waals surface area contributed by atoms with Crippen LogP contribution in [-0.4, -0.2) is 72.1 Å². The molecule has 6 rings (SSSR count). The fourth-order valence-electron chi connectivity index (χ4n) is 4.87. The third-order valence-electron chi connectivity index (χ3n) is 7.06. The zero-order valence-electron chi connectivity index (χ0n) is 20.1. The normalized spacial score (nSPS) is 17.5. The lowest BCUT2D eigenvalue weighted by atomic mass is 10.0. The minimum Gasteiger partial charge on any atom is -0.388 e. The van der Waals surface area contributed by atoms with Gasteiger partial charge >= 0.3 is 0 Å². The number of hydrogen-bond donors (Lipinski definition) is 2. The Balaban J connectivity index is 1.12. The Morgan fingerprint density at radius 1 is 1.14 bits per heavy atom. The predicted octanol–water partition coefficient (Wildman–Crippen LogP) is 1.83. The summed E-state index contributed by atoms with van der Waals surface area (Å²) in [6.07, 6.45) is 3.32. The number of fused-ring (bicyclic) bond motifs is 3. The van der Waals surface area contributed by atoms with Crippen LogP contribution in [0.3, 0.4) is 0 Å². The minimum atomic E-state index is -0.498. The van der Waals surface area contributed by atoms with Crippen LogP contribution in [-0.2, 0) is 6.54 Å². The molecule has 0 amide bonds. The molecule has 1 aromatic carbocycles. The molecule has 0 spiro atoms. The standard InChI is InChI=1S/C25H28FN9O/c1-2-3-21-29-24-18-15-28-34(23(18)30-25(27)35(24)31-21)13-10-32-8-11-33(12-9-32)20-14-17(6-7-19(20)26)22(36)16-4-5-16/h6-7,14-16,22,36H,4-5,8-13H2,1H3,(H2,27,30)/t22-/m0/s1. The van der Waals surface area contributed by atoms with Gasteiger partial charge in [0, 0.05) is 32.7 Å². The first kappa shape index (κ1) is 22.7. The number of rotatable bonds is 6. The van der Waals surface area contributed by atoms with Crippen LogP contribution >= 0.6 is 0 Å². The van der Waals surface area contributed by atoms with Gasteiger partial charge in [-0.05, 0) is 49.3 Å². The zero-order chi connectivity index (χ0) is 24.8. The Hall–Kier alpha value is -3.75. The highest BCUT2D eigenvalue weighted by molar-refractivity contribution is 5.89. The van der Waals surface area contributed by atoms with Gasteiger partial charge < -0.3 is 15.7 Å². The summed E-state index contributed by atoms with van der Waals surface area (Å²) in [6, 6.07) is 5.01. The van der Waals surface area contributed by atoms with E-state index in [-0.39, 0.29) is 11.8 Å². The van der Waals surface area contributed by atoms with Crippen molar-refractivity contribution in [2.75, 3.05) is 43.4 Å². The van der Waals surface area contributed by atoms with Crippen LogP contribution in [0.5, 0.6) is 0 Å². The summed E-state index contributed by atoms with van der Waals surface area (Å²) >= 11 is 0. The third kappa shape index (κ3) is 4.12. The molecular formula is C25H28FN9O. The lowest BCUT2D eigenvalue weighted by Gasteiger charge is -2.36. The van der Waals surface area contributed by atoms with Gasteiger partial charge in [-0.2, -0.15) is 19.6 Å². The quantitative estimate of drug-likeness (QED) is 0.395. The number of hydrogen-bond acceptors (Lipinski definition) is 8. The largest absolute Gasteiger partial charge is 0.388 e. The highest BCUT2D eigenvalue weighted by Crippen LogP contribution is 2.41. The van der Waals surface area contributed by atoms with Crippen LogP contribution in [0.2, 0.25) is 0 Å². The number of nitrogen functional groups attached to an aromatic ring is 1. The molecule has 4 heterocycles. The van der Waals surface area contributed by atoms with Gasteiger partial charge in [0.15, 0.2) is 11.3 Å². The topological polar surface area (TPSA) is 114 Å². The molecule has 0 bridgehead atoms. The van der Waals surface area contributed by atoms with Gasteiger partial charge in [-0.3, -0.25) is 4.90 Å². The summed E-state index contributed by atoms with van der Waals surface area (Å²) in [5.41, 5.74) is 8.77. The molecule has 0 unspecified atom stereocenters. The fourth-order valence-corrected chi connectivity index (χ4v) is 4.87. The summed E-state index contributed by atoms with van der Waals surface area (Å²) in [4.78, 5) is 13.4. The van der Waals surface area contributed by atoms with Crippen LogP contribution in [0.4, 0.5) is 16.0 Å². The van der Waals surface area contributed by atoms with Crippen molar-refractivity contribution in [3.05, 3.63) is 41.6 Å². The van der Waals surface area contributed by atoms with Crippen molar-refractivity contribution in [3.8, 4) is 11.8 Å². The molecule has 1 saturated heterocycles. The molecule has 2 aliphatic rings. The number of halogens is 1. The molecule has 1 aliphatic carbocycles.